The number of rotatable bonds is 8. The third-order valence-corrected chi connectivity index (χ3v) is 18.9. The topological polar surface area (TPSA) is 19.6 Å². The highest BCUT2D eigenvalue weighted by atomic mass is 32.1. The Bertz CT molecular complexity index is 3880. The van der Waals surface area contributed by atoms with Crippen molar-refractivity contribution in [2.45, 2.75) is 37.5 Å². The molecule has 0 unspecified atom stereocenters. The summed E-state index contributed by atoms with van der Waals surface area (Å²) in [6, 6.07) is 85.2. The molecule has 0 atom stereocenters. The third kappa shape index (κ3) is 6.44. The fourth-order valence-electron chi connectivity index (χ4n) is 14.9. The van der Waals surface area contributed by atoms with Crippen LogP contribution in [0.1, 0.15) is 43.2 Å². The number of benzene rings is 10. The molecule has 4 bridgehead atoms. The second-order valence-electron chi connectivity index (χ2n) is 21.7. The second kappa shape index (κ2) is 16.4. The molecule has 3 nitrogen and oxygen atoms in total. The van der Waals surface area contributed by atoms with Crippen molar-refractivity contribution in [1.29, 1.82) is 0 Å². The number of hydrogen-bond donors (Lipinski definition) is 0. The molecule has 12 aromatic rings. The Morgan fingerprint density at radius 2 is 0.784 bits per heavy atom. The maximum absolute atomic E-state index is 7.09. The van der Waals surface area contributed by atoms with Gasteiger partial charge in [0.2, 0.25) is 0 Å². The van der Waals surface area contributed by atoms with E-state index in [-0.39, 0.29) is 5.41 Å². The van der Waals surface area contributed by atoms with Crippen molar-refractivity contribution in [1.82, 2.24) is 0 Å². The Morgan fingerprint density at radius 1 is 0.338 bits per heavy atom. The molecule has 0 radical (unpaired) electrons. The van der Waals surface area contributed by atoms with E-state index in [0.717, 1.165) is 51.4 Å². The average molecular weight is 969 g/mol. The molecule has 17 rings (SSSR count). The largest absolute Gasteiger partial charge is 0.456 e. The lowest BCUT2D eigenvalue weighted by Gasteiger charge is -2.61. The van der Waals surface area contributed by atoms with E-state index in [1.54, 1.807) is 11.1 Å². The summed E-state index contributed by atoms with van der Waals surface area (Å²) in [6.45, 7) is 0. The third-order valence-electron chi connectivity index (χ3n) is 17.8. The molecular formula is C70H52N2OS. The Kier molecular flexibility index (Phi) is 9.39. The average Bonchev–Trinajstić information content (AvgIpc) is 4.20. The molecule has 354 valence electrons. The Labute approximate surface area is 435 Å². The summed E-state index contributed by atoms with van der Waals surface area (Å²) in [7, 11) is 0. The summed E-state index contributed by atoms with van der Waals surface area (Å²) in [5, 5.41) is 5.17. The molecule has 4 saturated carbocycles. The van der Waals surface area contributed by atoms with Gasteiger partial charge in [0.1, 0.15) is 11.2 Å². The van der Waals surface area contributed by atoms with Gasteiger partial charge in [-0.05, 0) is 197 Å². The first-order valence-corrected chi connectivity index (χ1v) is 27.5. The molecule has 0 aliphatic heterocycles. The van der Waals surface area contributed by atoms with E-state index in [4.69, 9.17) is 4.42 Å². The number of hydrogen-bond acceptors (Lipinski definition) is 4. The van der Waals surface area contributed by atoms with E-state index in [1.807, 2.05) is 11.3 Å². The number of anilines is 6. The minimum absolute atomic E-state index is 0.0000412. The lowest BCUT2D eigenvalue weighted by Crippen LogP contribution is -2.55. The van der Waals surface area contributed by atoms with Crippen LogP contribution in [0.15, 0.2) is 235 Å². The van der Waals surface area contributed by atoms with Crippen molar-refractivity contribution >= 4 is 87.6 Å². The lowest BCUT2D eigenvalue weighted by molar-refractivity contribution is -0.0398. The van der Waals surface area contributed by atoms with E-state index in [9.17, 15) is 0 Å². The highest BCUT2D eigenvalue weighted by Crippen LogP contribution is 2.70. The first-order chi connectivity index (χ1) is 36.6. The molecule has 2 heterocycles. The molecule has 0 amide bonds. The van der Waals surface area contributed by atoms with Crippen LogP contribution in [0.25, 0.3) is 75.5 Å². The van der Waals surface area contributed by atoms with Gasteiger partial charge in [0.25, 0.3) is 0 Å². The van der Waals surface area contributed by atoms with Gasteiger partial charge in [-0.2, -0.15) is 0 Å². The summed E-state index contributed by atoms with van der Waals surface area (Å²) < 4.78 is 9.76. The molecule has 0 N–H and O–H groups in total. The molecule has 2 aromatic heterocycles. The number of para-hydroxylation sites is 2. The zero-order valence-electron chi connectivity index (χ0n) is 41.0. The van der Waals surface area contributed by atoms with E-state index >= 15 is 0 Å². The highest BCUT2D eigenvalue weighted by molar-refractivity contribution is 7.25. The SMILES string of the molecule is c1ccc(-c2cccc(N(c3ccccc3)c3ccc4c(c3)oc3cc5c(cc34)C3(c4cc6c(cc4-5)sc4cc(N(c5ccccc5)c5cccc(-c7ccccc7)c5)ccc46)C4CC5CC(C4)CC3C5)c2)cc1. The molecule has 10 aromatic carbocycles. The minimum atomic E-state index is -0.0000412. The van der Waals surface area contributed by atoms with Crippen LogP contribution in [0.5, 0.6) is 0 Å². The minimum Gasteiger partial charge on any atom is -0.456 e. The highest BCUT2D eigenvalue weighted by Gasteiger charge is 2.61. The Hall–Kier alpha value is -8.18. The van der Waals surface area contributed by atoms with Crippen LogP contribution in [0.3, 0.4) is 0 Å². The standard InChI is InChI=1S/C70H52N2OS/c1-5-15-46(16-6-1)48-19-13-25-54(36-48)71(52-21-9-3-10-22-52)56-27-29-58-62-40-64-60(42-67(62)73-66(58)38-56)61-43-69-63(41-65(61)70(64)50-32-44-31-45(34-50)35-51(70)33-44)59-30-28-57(39-68(59)74-69)72(53-23-11-4-12-24-53)55-26-14-20-49(37-55)47-17-7-2-8-18-47/h1-30,36-45,50-51H,31-35H2. The monoisotopic (exact) mass is 968 g/mol. The van der Waals surface area contributed by atoms with Crippen molar-refractivity contribution < 1.29 is 4.42 Å². The van der Waals surface area contributed by atoms with Gasteiger partial charge in [0.05, 0.1) is 0 Å². The van der Waals surface area contributed by atoms with Crippen LogP contribution in [-0.2, 0) is 5.41 Å². The predicted octanol–water partition coefficient (Wildman–Crippen LogP) is 20.0. The van der Waals surface area contributed by atoms with E-state index in [2.05, 4.69) is 240 Å². The molecule has 0 saturated heterocycles. The molecular weight excluding hydrogens is 917 g/mol. The zero-order valence-corrected chi connectivity index (χ0v) is 41.8. The molecule has 4 fully saturated rings. The van der Waals surface area contributed by atoms with Gasteiger partial charge in [0, 0.05) is 76.6 Å². The normalized spacial score (nSPS) is 20.2. The van der Waals surface area contributed by atoms with Crippen molar-refractivity contribution in [2.24, 2.45) is 23.7 Å². The van der Waals surface area contributed by atoms with E-state index < -0.39 is 0 Å². The fourth-order valence-corrected chi connectivity index (χ4v) is 16.1. The van der Waals surface area contributed by atoms with Crippen molar-refractivity contribution in [3.05, 3.63) is 242 Å². The number of nitrogens with zero attached hydrogens (tertiary/aromatic N) is 2. The van der Waals surface area contributed by atoms with Crippen molar-refractivity contribution in [3.8, 4) is 33.4 Å². The van der Waals surface area contributed by atoms with E-state index in [0.29, 0.717) is 11.8 Å². The summed E-state index contributed by atoms with van der Waals surface area (Å²) in [5.41, 5.74) is 19.4. The van der Waals surface area contributed by atoms with Crippen LogP contribution in [0.2, 0.25) is 0 Å². The Morgan fingerprint density at radius 3 is 1.36 bits per heavy atom. The van der Waals surface area contributed by atoms with E-state index in [1.165, 1.54) is 102 Å². The van der Waals surface area contributed by atoms with Gasteiger partial charge in [-0.1, -0.05) is 127 Å². The zero-order chi connectivity index (χ0) is 48.5. The molecule has 74 heavy (non-hydrogen) atoms. The maximum atomic E-state index is 7.09. The van der Waals surface area contributed by atoms with Gasteiger partial charge in [-0.15, -0.1) is 11.3 Å². The number of furan rings is 1. The van der Waals surface area contributed by atoms with Crippen molar-refractivity contribution in [2.75, 3.05) is 9.80 Å². The van der Waals surface area contributed by atoms with Crippen LogP contribution in [0, 0.1) is 23.7 Å². The molecule has 4 heteroatoms. The summed E-state index contributed by atoms with van der Waals surface area (Å²) >= 11 is 1.94. The van der Waals surface area contributed by atoms with Crippen LogP contribution < -0.4 is 9.80 Å². The van der Waals surface area contributed by atoms with Crippen LogP contribution in [-0.4, -0.2) is 0 Å². The van der Waals surface area contributed by atoms with Crippen molar-refractivity contribution in [3.63, 3.8) is 0 Å². The lowest BCUT2D eigenvalue weighted by atomic mass is 9.43. The Balaban J connectivity index is 0.843. The van der Waals surface area contributed by atoms with Gasteiger partial charge in [0.15, 0.2) is 0 Å². The smallest absolute Gasteiger partial charge is 0.137 e. The van der Waals surface area contributed by atoms with Crippen LogP contribution >= 0.6 is 11.3 Å². The maximum Gasteiger partial charge on any atom is 0.137 e. The first kappa shape index (κ1) is 42.3. The predicted molar refractivity (Wildman–Crippen MR) is 310 cm³/mol. The fraction of sp³-hybridized carbons (Fsp3) is 0.143. The summed E-state index contributed by atoms with van der Waals surface area (Å²) in [5.74, 6) is 3.01. The number of thiophene rings is 1. The van der Waals surface area contributed by atoms with Gasteiger partial charge in [-0.25, -0.2) is 0 Å². The molecule has 1 spiro atoms. The quantitative estimate of drug-likeness (QED) is 0.151. The van der Waals surface area contributed by atoms with Gasteiger partial charge < -0.3 is 14.2 Å². The summed E-state index contributed by atoms with van der Waals surface area (Å²) in [6.07, 6.45) is 6.79. The second-order valence-corrected chi connectivity index (χ2v) is 22.8. The molecule has 5 aliphatic carbocycles. The number of fused-ring (bicyclic) bond motifs is 9. The summed E-state index contributed by atoms with van der Waals surface area (Å²) in [4.78, 5) is 4.78. The van der Waals surface area contributed by atoms with Crippen LogP contribution in [0.4, 0.5) is 34.1 Å². The van der Waals surface area contributed by atoms with Gasteiger partial charge in [-0.3, -0.25) is 0 Å². The molecule has 5 aliphatic rings. The first-order valence-electron chi connectivity index (χ1n) is 26.6. The van der Waals surface area contributed by atoms with Gasteiger partial charge >= 0.3 is 0 Å².